The van der Waals surface area contributed by atoms with Crippen LogP contribution < -0.4 is 5.73 Å². The van der Waals surface area contributed by atoms with E-state index in [9.17, 15) is 19.2 Å². The van der Waals surface area contributed by atoms with Crippen molar-refractivity contribution in [2.45, 2.75) is 6.92 Å². The second-order valence-corrected chi connectivity index (χ2v) is 5.58. The first-order chi connectivity index (χ1) is 12.4. The van der Waals surface area contributed by atoms with E-state index in [-0.39, 0.29) is 17.0 Å². The largest absolute Gasteiger partial charge is 0.452 e. The van der Waals surface area contributed by atoms with Gasteiger partial charge in [0.15, 0.2) is 6.61 Å². The zero-order chi connectivity index (χ0) is 19.1. The molecule has 0 unspecified atom stereocenters. The van der Waals surface area contributed by atoms with Gasteiger partial charge in [0, 0.05) is 31.7 Å². The maximum absolute atomic E-state index is 12.1. The number of hydrogen-bond donors (Lipinski definition) is 1. The minimum absolute atomic E-state index is 0.218. The van der Waals surface area contributed by atoms with Crippen LogP contribution in [0.25, 0.3) is 0 Å². The fraction of sp³-hybridized carbons (Fsp3) is 0.412. The molecule has 1 saturated heterocycles. The third-order valence-electron chi connectivity index (χ3n) is 3.89. The quantitative estimate of drug-likeness (QED) is 0.749. The van der Waals surface area contributed by atoms with E-state index in [1.165, 1.54) is 34.1 Å². The third kappa shape index (κ3) is 4.95. The Hall–Kier alpha value is -3.10. The summed E-state index contributed by atoms with van der Waals surface area (Å²) in [6.07, 6.45) is -0.398. The summed E-state index contributed by atoms with van der Waals surface area (Å²) >= 11 is 0. The highest BCUT2D eigenvalue weighted by atomic mass is 16.6. The van der Waals surface area contributed by atoms with Gasteiger partial charge in [-0.1, -0.05) is 0 Å². The predicted octanol–water partition coefficient (Wildman–Crippen LogP) is 0.243. The Morgan fingerprint density at radius 3 is 2.00 bits per heavy atom. The van der Waals surface area contributed by atoms with Gasteiger partial charge in [-0.2, -0.15) is 0 Å². The van der Waals surface area contributed by atoms with Crippen LogP contribution in [0.3, 0.4) is 0 Å². The van der Waals surface area contributed by atoms with Gasteiger partial charge >= 0.3 is 12.1 Å². The smallest absolute Gasteiger partial charge is 0.409 e. The summed E-state index contributed by atoms with van der Waals surface area (Å²) in [4.78, 5) is 49.7. The summed E-state index contributed by atoms with van der Waals surface area (Å²) in [6, 6.07) is 5.64. The van der Waals surface area contributed by atoms with Crippen molar-refractivity contribution in [2.75, 3.05) is 39.4 Å². The molecule has 2 rings (SSSR count). The van der Waals surface area contributed by atoms with E-state index >= 15 is 0 Å². The molecule has 0 bridgehead atoms. The van der Waals surface area contributed by atoms with E-state index in [4.69, 9.17) is 15.2 Å². The SMILES string of the molecule is CCOC(=O)N1CCN(C(=O)COC(=O)c2ccc(C(N)=O)cc2)CC1. The van der Waals surface area contributed by atoms with Crippen molar-refractivity contribution in [3.05, 3.63) is 35.4 Å². The molecule has 1 aromatic carbocycles. The van der Waals surface area contributed by atoms with Gasteiger partial charge in [-0.25, -0.2) is 9.59 Å². The molecule has 0 aromatic heterocycles. The lowest BCUT2D eigenvalue weighted by Crippen LogP contribution is -2.51. The number of nitrogens with zero attached hydrogens (tertiary/aromatic N) is 2. The van der Waals surface area contributed by atoms with Crippen molar-refractivity contribution in [1.82, 2.24) is 9.80 Å². The maximum Gasteiger partial charge on any atom is 0.409 e. The topological polar surface area (TPSA) is 119 Å². The summed E-state index contributed by atoms with van der Waals surface area (Å²) in [5.41, 5.74) is 5.62. The van der Waals surface area contributed by atoms with E-state index in [2.05, 4.69) is 0 Å². The molecular formula is C17H21N3O6. The minimum Gasteiger partial charge on any atom is -0.452 e. The molecule has 1 fully saturated rings. The number of primary amides is 1. The number of piperazine rings is 1. The highest BCUT2D eigenvalue weighted by molar-refractivity contribution is 5.95. The molecular weight excluding hydrogens is 342 g/mol. The molecule has 26 heavy (non-hydrogen) atoms. The summed E-state index contributed by atoms with van der Waals surface area (Å²) in [5.74, 6) is -1.60. The summed E-state index contributed by atoms with van der Waals surface area (Å²) < 4.78 is 9.92. The zero-order valence-corrected chi connectivity index (χ0v) is 14.5. The van der Waals surface area contributed by atoms with Gasteiger partial charge < -0.3 is 25.0 Å². The number of ether oxygens (including phenoxy) is 2. The van der Waals surface area contributed by atoms with Crippen molar-refractivity contribution in [2.24, 2.45) is 5.73 Å². The average molecular weight is 363 g/mol. The Kier molecular flexibility index (Phi) is 6.54. The second kappa shape index (κ2) is 8.84. The van der Waals surface area contributed by atoms with E-state index in [0.29, 0.717) is 32.8 Å². The highest BCUT2D eigenvalue weighted by Crippen LogP contribution is 2.07. The van der Waals surface area contributed by atoms with Crippen molar-refractivity contribution in [3.63, 3.8) is 0 Å². The lowest BCUT2D eigenvalue weighted by molar-refractivity contribution is -0.136. The molecule has 0 spiro atoms. The number of benzene rings is 1. The number of nitrogens with two attached hydrogens (primary N) is 1. The Bertz CT molecular complexity index is 680. The Morgan fingerprint density at radius 2 is 1.46 bits per heavy atom. The number of carbonyl (C=O) groups is 4. The molecule has 0 atom stereocenters. The van der Waals surface area contributed by atoms with Gasteiger partial charge in [0.1, 0.15) is 0 Å². The Balaban J connectivity index is 1.79. The molecule has 1 aromatic rings. The molecule has 9 heteroatoms. The van der Waals surface area contributed by atoms with Gasteiger partial charge in [-0.05, 0) is 31.2 Å². The molecule has 1 aliphatic heterocycles. The third-order valence-corrected chi connectivity index (χ3v) is 3.89. The van der Waals surface area contributed by atoms with Crippen LogP contribution in [0, 0.1) is 0 Å². The van der Waals surface area contributed by atoms with Crippen LogP contribution in [0.1, 0.15) is 27.6 Å². The van der Waals surface area contributed by atoms with Crippen molar-refractivity contribution in [3.8, 4) is 0 Å². The summed E-state index contributed by atoms with van der Waals surface area (Å²) in [6.45, 7) is 3.07. The lowest BCUT2D eigenvalue weighted by Gasteiger charge is -2.33. The van der Waals surface area contributed by atoms with Gasteiger partial charge in [-0.15, -0.1) is 0 Å². The van der Waals surface area contributed by atoms with Crippen LogP contribution in [-0.2, 0) is 14.3 Å². The molecule has 140 valence electrons. The van der Waals surface area contributed by atoms with Crippen LogP contribution in [-0.4, -0.2) is 73.1 Å². The molecule has 3 amide bonds. The van der Waals surface area contributed by atoms with Crippen LogP contribution in [0.4, 0.5) is 4.79 Å². The first-order valence-electron chi connectivity index (χ1n) is 8.18. The molecule has 2 N–H and O–H groups in total. The molecule has 1 heterocycles. The van der Waals surface area contributed by atoms with E-state index < -0.39 is 24.6 Å². The molecule has 1 aliphatic rings. The normalized spacial score (nSPS) is 13.9. The van der Waals surface area contributed by atoms with Crippen LogP contribution in [0.2, 0.25) is 0 Å². The van der Waals surface area contributed by atoms with Crippen molar-refractivity contribution < 1.29 is 28.7 Å². The lowest BCUT2D eigenvalue weighted by atomic mass is 10.1. The maximum atomic E-state index is 12.1. The first-order valence-corrected chi connectivity index (χ1v) is 8.18. The van der Waals surface area contributed by atoms with Gasteiger partial charge in [0.25, 0.3) is 5.91 Å². The minimum atomic E-state index is -0.667. The van der Waals surface area contributed by atoms with E-state index in [0.717, 1.165) is 0 Å². The van der Waals surface area contributed by atoms with Crippen LogP contribution in [0.15, 0.2) is 24.3 Å². The highest BCUT2D eigenvalue weighted by Gasteiger charge is 2.25. The monoisotopic (exact) mass is 363 g/mol. The second-order valence-electron chi connectivity index (χ2n) is 5.58. The number of rotatable bonds is 5. The predicted molar refractivity (Wildman–Crippen MR) is 90.4 cm³/mol. The van der Waals surface area contributed by atoms with Crippen molar-refractivity contribution in [1.29, 1.82) is 0 Å². The fourth-order valence-corrected chi connectivity index (χ4v) is 2.43. The standard InChI is InChI=1S/C17H21N3O6/c1-2-25-17(24)20-9-7-19(8-10-20)14(21)11-26-16(23)13-5-3-12(4-6-13)15(18)22/h3-6H,2,7-11H2,1H3,(H2,18,22). The molecule has 0 saturated carbocycles. The van der Waals surface area contributed by atoms with Crippen molar-refractivity contribution >= 4 is 23.9 Å². The van der Waals surface area contributed by atoms with Gasteiger partial charge in [0.2, 0.25) is 5.91 Å². The molecule has 0 aliphatic carbocycles. The van der Waals surface area contributed by atoms with E-state index in [1.807, 2.05) is 0 Å². The van der Waals surface area contributed by atoms with Gasteiger partial charge in [0.05, 0.1) is 12.2 Å². The summed E-state index contributed by atoms with van der Waals surface area (Å²) in [5, 5.41) is 0. The number of carbonyl (C=O) groups excluding carboxylic acids is 4. The Morgan fingerprint density at radius 1 is 0.923 bits per heavy atom. The number of esters is 1. The Labute approximate surface area is 150 Å². The number of amides is 3. The van der Waals surface area contributed by atoms with Gasteiger partial charge in [-0.3, -0.25) is 9.59 Å². The van der Waals surface area contributed by atoms with Crippen LogP contribution >= 0.6 is 0 Å². The van der Waals surface area contributed by atoms with E-state index in [1.54, 1.807) is 6.92 Å². The average Bonchev–Trinajstić information content (AvgIpc) is 2.66. The molecule has 9 nitrogen and oxygen atoms in total. The number of hydrogen-bond acceptors (Lipinski definition) is 6. The first kappa shape index (κ1) is 19.2. The molecule has 0 radical (unpaired) electrons. The fourth-order valence-electron chi connectivity index (χ4n) is 2.43. The zero-order valence-electron chi connectivity index (χ0n) is 14.5. The van der Waals surface area contributed by atoms with Crippen LogP contribution in [0.5, 0.6) is 0 Å². The summed E-state index contributed by atoms with van der Waals surface area (Å²) in [7, 11) is 0.